The summed E-state index contributed by atoms with van der Waals surface area (Å²) in [4.78, 5) is 17.3. The van der Waals surface area contributed by atoms with Crippen LogP contribution in [0.4, 0.5) is 8.78 Å². The third-order valence-corrected chi connectivity index (χ3v) is 5.08. The molecule has 3 nitrogen and oxygen atoms in total. The van der Waals surface area contributed by atoms with E-state index >= 15 is 0 Å². The second-order valence-corrected chi connectivity index (χ2v) is 7.05. The molecule has 1 aromatic heterocycles. The van der Waals surface area contributed by atoms with Gasteiger partial charge in [-0.25, -0.2) is 13.8 Å². The highest BCUT2D eigenvalue weighted by Gasteiger charge is 2.21. The molecule has 0 saturated heterocycles. The molecule has 0 radical (unpaired) electrons. The fourth-order valence-corrected chi connectivity index (χ4v) is 3.57. The second-order valence-electron chi connectivity index (χ2n) is 7.05. The quantitative estimate of drug-likeness (QED) is 0.427. The molecule has 30 heavy (non-hydrogen) atoms. The van der Waals surface area contributed by atoms with E-state index in [0.29, 0.717) is 29.2 Å². The number of rotatable bonds is 2. The second kappa shape index (κ2) is 7.19. The highest BCUT2D eigenvalue weighted by atomic mass is 19.1. The van der Waals surface area contributed by atoms with Crippen molar-refractivity contribution >= 4 is 28.8 Å². The number of ether oxygens (including phenoxy) is 1. The summed E-state index contributed by atoms with van der Waals surface area (Å²) in [6, 6.07) is 18.1. The van der Waals surface area contributed by atoms with Crippen LogP contribution in [0.1, 0.15) is 32.7 Å². The number of hydrogen-bond acceptors (Lipinski definition) is 3. The van der Waals surface area contributed by atoms with E-state index in [0.717, 1.165) is 17.2 Å². The minimum atomic E-state index is -0.668. The molecular weight excluding hydrogens is 384 g/mol. The van der Waals surface area contributed by atoms with Gasteiger partial charge >= 0.3 is 0 Å². The molecule has 146 valence electrons. The molecule has 5 rings (SSSR count). The predicted molar refractivity (Wildman–Crippen MR) is 111 cm³/mol. The van der Waals surface area contributed by atoms with Crippen LogP contribution in [0.25, 0.3) is 23.1 Å². The third-order valence-electron chi connectivity index (χ3n) is 5.08. The van der Waals surface area contributed by atoms with E-state index in [4.69, 9.17) is 4.74 Å². The summed E-state index contributed by atoms with van der Waals surface area (Å²) in [6.45, 7) is 0.345. The van der Waals surface area contributed by atoms with Gasteiger partial charge in [-0.1, -0.05) is 36.4 Å². The first kappa shape index (κ1) is 18.2. The first-order valence-corrected chi connectivity index (χ1v) is 9.42. The van der Waals surface area contributed by atoms with Gasteiger partial charge in [-0.05, 0) is 35.9 Å². The van der Waals surface area contributed by atoms with Crippen molar-refractivity contribution in [1.82, 2.24) is 4.98 Å². The lowest BCUT2D eigenvalue weighted by atomic mass is 9.98. The van der Waals surface area contributed by atoms with Gasteiger partial charge in [0.2, 0.25) is 0 Å². The highest BCUT2D eigenvalue weighted by molar-refractivity contribution is 6.12. The van der Waals surface area contributed by atoms with Crippen LogP contribution in [0, 0.1) is 11.6 Å². The molecule has 0 atom stereocenters. The van der Waals surface area contributed by atoms with E-state index in [2.05, 4.69) is 4.98 Å². The van der Waals surface area contributed by atoms with Crippen molar-refractivity contribution in [3.63, 3.8) is 0 Å². The molecule has 0 aliphatic carbocycles. The Kier molecular flexibility index (Phi) is 4.36. The lowest BCUT2D eigenvalue weighted by Crippen LogP contribution is -2.02. The van der Waals surface area contributed by atoms with Crippen molar-refractivity contribution in [2.75, 3.05) is 0 Å². The van der Waals surface area contributed by atoms with Crippen molar-refractivity contribution < 1.29 is 18.3 Å². The van der Waals surface area contributed by atoms with Crippen molar-refractivity contribution in [3.8, 4) is 5.75 Å². The number of carbonyl (C=O) groups is 1. The zero-order valence-electron chi connectivity index (χ0n) is 15.7. The summed E-state index contributed by atoms with van der Waals surface area (Å²) < 4.78 is 33.1. The molecule has 0 bridgehead atoms. The van der Waals surface area contributed by atoms with Gasteiger partial charge in [-0.2, -0.15) is 0 Å². The third kappa shape index (κ3) is 3.24. The standard InChI is InChI=1S/C25H15F2NO2/c26-17-12-22(27)20-9-8-18(28-23(20)13-17)7-5-15-6-10-24-21(11-15)25(29)19-4-2-1-3-16(19)14-30-24/h1-13H,14H2. The summed E-state index contributed by atoms with van der Waals surface area (Å²) >= 11 is 0. The van der Waals surface area contributed by atoms with Crippen molar-refractivity contribution in [1.29, 1.82) is 0 Å². The molecule has 3 aromatic carbocycles. The van der Waals surface area contributed by atoms with Crippen molar-refractivity contribution in [2.45, 2.75) is 6.61 Å². The number of carbonyl (C=O) groups excluding carboxylic acids is 1. The smallest absolute Gasteiger partial charge is 0.197 e. The summed E-state index contributed by atoms with van der Waals surface area (Å²) in [5, 5.41) is 0.264. The Labute approximate surface area is 171 Å². The van der Waals surface area contributed by atoms with Gasteiger partial charge in [0.1, 0.15) is 24.0 Å². The summed E-state index contributed by atoms with van der Waals surface area (Å²) in [5.41, 5.74) is 3.58. The van der Waals surface area contributed by atoms with E-state index in [1.165, 1.54) is 6.07 Å². The molecule has 2 heterocycles. The lowest BCUT2D eigenvalue weighted by molar-refractivity contribution is 0.103. The zero-order chi connectivity index (χ0) is 20.7. The zero-order valence-corrected chi connectivity index (χ0v) is 15.7. The number of ketones is 1. The van der Waals surface area contributed by atoms with Crippen LogP contribution in [-0.2, 0) is 6.61 Å². The molecule has 1 aliphatic rings. The molecular formula is C25H15F2NO2. The van der Waals surface area contributed by atoms with Crippen LogP contribution in [-0.4, -0.2) is 10.8 Å². The van der Waals surface area contributed by atoms with Crippen molar-refractivity contribution in [2.24, 2.45) is 0 Å². The van der Waals surface area contributed by atoms with E-state index < -0.39 is 11.6 Å². The van der Waals surface area contributed by atoms with E-state index in [9.17, 15) is 13.6 Å². The maximum absolute atomic E-state index is 13.8. The number of halogens is 2. The average molecular weight is 399 g/mol. The van der Waals surface area contributed by atoms with Crippen LogP contribution >= 0.6 is 0 Å². The predicted octanol–water partition coefficient (Wildman–Crippen LogP) is 5.81. The maximum atomic E-state index is 13.8. The Morgan fingerprint density at radius 2 is 1.77 bits per heavy atom. The monoisotopic (exact) mass is 399 g/mol. The van der Waals surface area contributed by atoms with E-state index in [1.807, 2.05) is 24.3 Å². The first-order valence-electron chi connectivity index (χ1n) is 9.42. The van der Waals surface area contributed by atoms with E-state index in [1.54, 1.807) is 42.5 Å². The van der Waals surface area contributed by atoms with Crippen LogP contribution in [0.2, 0.25) is 0 Å². The van der Waals surface area contributed by atoms with Gasteiger partial charge in [0.05, 0.1) is 16.8 Å². The molecule has 0 unspecified atom stereocenters. The topological polar surface area (TPSA) is 39.2 Å². The molecule has 1 aliphatic heterocycles. The largest absolute Gasteiger partial charge is 0.488 e. The van der Waals surface area contributed by atoms with Crippen molar-refractivity contribution in [3.05, 3.63) is 106 Å². The maximum Gasteiger partial charge on any atom is 0.197 e. The minimum absolute atomic E-state index is 0.0804. The lowest BCUT2D eigenvalue weighted by Gasteiger charge is -2.07. The Balaban J connectivity index is 1.49. The van der Waals surface area contributed by atoms with Crippen LogP contribution in [0.3, 0.4) is 0 Å². The van der Waals surface area contributed by atoms with Crippen LogP contribution in [0.5, 0.6) is 5.75 Å². The molecule has 0 N–H and O–H groups in total. The Bertz CT molecular complexity index is 1340. The molecule has 5 heteroatoms. The first-order chi connectivity index (χ1) is 14.6. The Morgan fingerprint density at radius 1 is 0.900 bits per heavy atom. The average Bonchev–Trinajstić information content (AvgIpc) is 2.89. The van der Waals surface area contributed by atoms with Gasteiger partial charge in [0, 0.05) is 28.6 Å². The number of benzene rings is 3. The normalized spacial score (nSPS) is 13.1. The molecule has 0 saturated carbocycles. The fraction of sp³-hybridized carbons (Fsp3) is 0.0400. The molecule has 0 amide bonds. The SMILES string of the molecule is O=C1c2ccccc2COc2ccc(C=Cc3ccc4c(F)cc(F)cc4n3)cc21. The molecule has 0 spiro atoms. The van der Waals surface area contributed by atoms with Gasteiger partial charge in [-0.3, -0.25) is 4.79 Å². The summed E-state index contributed by atoms with van der Waals surface area (Å²) in [6.07, 6.45) is 3.54. The number of nitrogens with zero attached hydrogens (tertiary/aromatic N) is 1. The number of aromatic nitrogens is 1. The Hall–Kier alpha value is -3.86. The molecule has 0 fully saturated rings. The fourth-order valence-electron chi connectivity index (χ4n) is 3.57. The number of fused-ring (bicyclic) bond motifs is 3. The van der Waals surface area contributed by atoms with E-state index in [-0.39, 0.29) is 16.7 Å². The summed E-state index contributed by atoms with van der Waals surface area (Å²) in [5.74, 6) is -0.845. The van der Waals surface area contributed by atoms with Gasteiger partial charge < -0.3 is 4.74 Å². The van der Waals surface area contributed by atoms with Gasteiger partial charge in [0.15, 0.2) is 5.78 Å². The minimum Gasteiger partial charge on any atom is -0.488 e. The highest BCUT2D eigenvalue weighted by Crippen LogP contribution is 2.30. The Morgan fingerprint density at radius 3 is 2.67 bits per heavy atom. The molecule has 4 aromatic rings. The number of pyridine rings is 1. The summed E-state index contributed by atoms with van der Waals surface area (Å²) in [7, 11) is 0. The van der Waals surface area contributed by atoms with Crippen LogP contribution in [0.15, 0.2) is 66.7 Å². The van der Waals surface area contributed by atoms with Gasteiger partial charge in [-0.15, -0.1) is 0 Å². The van der Waals surface area contributed by atoms with Crippen LogP contribution < -0.4 is 4.74 Å². The van der Waals surface area contributed by atoms with Gasteiger partial charge in [0.25, 0.3) is 0 Å². The number of hydrogen-bond donors (Lipinski definition) is 0.